The monoisotopic (exact) mass is 340 g/mol. The number of nitrogens with zero attached hydrogens (tertiary/aromatic N) is 3. The van der Waals surface area contributed by atoms with Crippen LogP contribution in [0.15, 0.2) is 34.9 Å². The number of H-pyrrole nitrogens is 1. The van der Waals surface area contributed by atoms with E-state index < -0.39 is 5.97 Å². The summed E-state index contributed by atoms with van der Waals surface area (Å²) in [5, 5.41) is 6.87. The van der Waals surface area contributed by atoms with Gasteiger partial charge in [-0.05, 0) is 19.1 Å². The molecule has 0 aliphatic rings. The maximum absolute atomic E-state index is 12.1. The number of hydrogen-bond acceptors (Lipinski definition) is 6. The molecular weight excluding hydrogens is 320 g/mol. The smallest absolute Gasteiger partial charge is 0.338 e. The van der Waals surface area contributed by atoms with E-state index in [4.69, 9.17) is 9.15 Å². The lowest BCUT2D eigenvalue weighted by molar-refractivity contribution is 0.0435. The molecule has 1 N–H and O–H groups in total. The van der Waals surface area contributed by atoms with Crippen LogP contribution in [0, 0.1) is 6.92 Å². The molecule has 2 aromatic heterocycles. The van der Waals surface area contributed by atoms with Crippen molar-refractivity contribution in [3.05, 3.63) is 53.5 Å². The fourth-order valence-electron chi connectivity index (χ4n) is 2.16. The molecule has 0 aliphatic heterocycles. The average molecular weight is 340 g/mol. The van der Waals surface area contributed by atoms with E-state index in [9.17, 15) is 4.79 Å². The van der Waals surface area contributed by atoms with Gasteiger partial charge in [-0.2, -0.15) is 5.10 Å². The molecule has 25 heavy (non-hydrogen) atoms. The maximum Gasteiger partial charge on any atom is 0.338 e. The van der Waals surface area contributed by atoms with Gasteiger partial charge < -0.3 is 9.15 Å². The predicted octanol–water partition coefficient (Wildman–Crippen LogP) is 3.42. The van der Waals surface area contributed by atoms with Crippen LogP contribution in [-0.2, 0) is 16.8 Å². The van der Waals surface area contributed by atoms with Crippen LogP contribution in [0.3, 0.4) is 0 Å². The molecular formula is C18H20N4O3. The summed E-state index contributed by atoms with van der Waals surface area (Å²) in [5.41, 5.74) is 1.13. The van der Waals surface area contributed by atoms with Crippen LogP contribution in [-0.4, -0.2) is 26.1 Å². The summed E-state index contributed by atoms with van der Waals surface area (Å²) >= 11 is 0. The van der Waals surface area contributed by atoms with Gasteiger partial charge in [0, 0.05) is 11.0 Å². The maximum atomic E-state index is 12.1. The molecule has 1 aromatic carbocycles. The first-order chi connectivity index (χ1) is 11.8. The summed E-state index contributed by atoms with van der Waals surface area (Å²) in [6.07, 6.45) is 1.66. The second kappa shape index (κ2) is 6.51. The third-order valence-corrected chi connectivity index (χ3v) is 3.60. The highest BCUT2D eigenvalue weighted by molar-refractivity contribution is 5.89. The Labute approximate surface area is 145 Å². The summed E-state index contributed by atoms with van der Waals surface area (Å²) in [6, 6.07) is 6.92. The molecule has 130 valence electrons. The van der Waals surface area contributed by atoms with Crippen LogP contribution < -0.4 is 0 Å². The van der Waals surface area contributed by atoms with Crippen molar-refractivity contribution < 1.29 is 13.9 Å². The van der Waals surface area contributed by atoms with Gasteiger partial charge >= 0.3 is 5.97 Å². The zero-order chi connectivity index (χ0) is 18.0. The molecule has 2 heterocycles. The number of carbonyl (C=O) groups is 1. The van der Waals surface area contributed by atoms with E-state index in [0.717, 1.165) is 17.1 Å². The Morgan fingerprint density at radius 2 is 1.96 bits per heavy atom. The third kappa shape index (κ3) is 3.93. The first-order valence-corrected chi connectivity index (χ1v) is 7.95. The minimum atomic E-state index is -0.437. The van der Waals surface area contributed by atoms with E-state index in [1.165, 1.54) is 0 Å². The zero-order valence-electron chi connectivity index (χ0n) is 14.7. The summed E-state index contributed by atoms with van der Waals surface area (Å²) in [5.74, 6) is 2.02. The van der Waals surface area contributed by atoms with Crippen molar-refractivity contribution >= 4 is 5.97 Å². The number of aromatic amines is 1. The highest BCUT2D eigenvalue weighted by atomic mass is 16.5. The number of hydrogen-bond donors (Lipinski definition) is 1. The SMILES string of the molecule is Cc1nc(-c2ccc(C(=O)OCc3ncc(C(C)(C)C)o3)cc2)n[nH]1. The molecule has 0 atom stereocenters. The Kier molecular flexibility index (Phi) is 4.39. The molecule has 0 unspecified atom stereocenters. The van der Waals surface area contributed by atoms with E-state index in [2.05, 4.69) is 20.2 Å². The number of rotatable bonds is 4. The van der Waals surface area contributed by atoms with E-state index in [0.29, 0.717) is 17.3 Å². The zero-order valence-corrected chi connectivity index (χ0v) is 14.7. The number of oxazole rings is 1. The minimum absolute atomic E-state index is 0.00319. The minimum Gasteiger partial charge on any atom is -0.452 e. The molecule has 0 bridgehead atoms. The lowest BCUT2D eigenvalue weighted by atomic mass is 9.94. The van der Waals surface area contributed by atoms with Crippen molar-refractivity contribution in [2.45, 2.75) is 39.7 Å². The fraction of sp³-hybridized carbons (Fsp3) is 0.333. The fourth-order valence-corrected chi connectivity index (χ4v) is 2.16. The van der Waals surface area contributed by atoms with Gasteiger partial charge in [-0.3, -0.25) is 5.10 Å². The van der Waals surface area contributed by atoms with Gasteiger partial charge in [-0.25, -0.2) is 14.8 Å². The van der Waals surface area contributed by atoms with E-state index in [-0.39, 0.29) is 12.0 Å². The van der Waals surface area contributed by atoms with Crippen molar-refractivity contribution in [3.8, 4) is 11.4 Å². The Hall–Kier alpha value is -2.96. The van der Waals surface area contributed by atoms with Crippen LogP contribution in [0.1, 0.15) is 48.6 Å². The number of nitrogens with one attached hydrogen (secondary N) is 1. The van der Waals surface area contributed by atoms with Gasteiger partial charge in [0.2, 0.25) is 5.89 Å². The third-order valence-electron chi connectivity index (χ3n) is 3.60. The molecule has 0 saturated heterocycles. The molecule has 3 aromatic rings. The van der Waals surface area contributed by atoms with Crippen molar-refractivity contribution in [3.63, 3.8) is 0 Å². The Balaban J connectivity index is 1.62. The molecule has 0 fully saturated rings. The van der Waals surface area contributed by atoms with Crippen LogP contribution >= 0.6 is 0 Å². The molecule has 0 saturated carbocycles. The molecule has 7 heteroatoms. The molecule has 7 nitrogen and oxygen atoms in total. The van der Waals surface area contributed by atoms with Gasteiger partial charge in [-0.1, -0.05) is 32.9 Å². The predicted molar refractivity (Wildman–Crippen MR) is 90.9 cm³/mol. The van der Waals surface area contributed by atoms with Gasteiger partial charge in [0.15, 0.2) is 12.4 Å². The van der Waals surface area contributed by atoms with Crippen molar-refractivity contribution in [2.24, 2.45) is 0 Å². The summed E-state index contributed by atoms with van der Waals surface area (Å²) in [7, 11) is 0. The molecule has 0 amide bonds. The lowest BCUT2D eigenvalue weighted by Gasteiger charge is -2.13. The molecule has 3 rings (SSSR count). The van der Waals surface area contributed by atoms with Crippen molar-refractivity contribution in [1.29, 1.82) is 0 Å². The van der Waals surface area contributed by atoms with Gasteiger partial charge in [0.25, 0.3) is 0 Å². The number of esters is 1. The summed E-state index contributed by atoms with van der Waals surface area (Å²) < 4.78 is 10.9. The highest BCUT2D eigenvalue weighted by Gasteiger charge is 2.19. The number of aryl methyl sites for hydroxylation is 1. The highest BCUT2D eigenvalue weighted by Crippen LogP contribution is 2.23. The number of benzene rings is 1. The number of carbonyl (C=O) groups excluding carboxylic acids is 1. The van der Waals surface area contributed by atoms with E-state index >= 15 is 0 Å². The molecule has 0 aliphatic carbocycles. The second-order valence-electron chi connectivity index (χ2n) is 6.77. The first-order valence-electron chi connectivity index (χ1n) is 7.95. The Morgan fingerprint density at radius 3 is 2.52 bits per heavy atom. The first kappa shape index (κ1) is 16.9. The Morgan fingerprint density at radius 1 is 1.24 bits per heavy atom. The number of ether oxygens (including phenoxy) is 1. The van der Waals surface area contributed by atoms with Crippen LogP contribution in [0.25, 0.3) is 11.4 Å². The van der Waals surface area contributed by atoms with Crippen molar-refractivity contribution in [2.75, 3.05) is 0 Å². The largest absolute Gasteiger partial charge is 0.452 e. The standard InChI is InChI=1S/C18H20N4O3/c1-11-20-16(22-21-11)12-5-7-13(8-6-12)17(23)24-10-15-19-9-14(25-15)18(2,3)4/h5-9H,10H2,1-4H3,(H,20,21,22). The lowest BCUT2D eigenvalue weighted by Crippen LogP contribution is -2.09. The van der Waals surface area contributed by atoms with Gasteiger partial charge in [-0.15, -0.1) is 0 Å². The summed E-state index contributed by atoms with van der Waals surface area (Å²) in [6.45, 7) is 7.91. The molecule has 0 radical (unpaired) electrons. The van der Waals surface area contributed by atoms with Crippen LogP contribution in [0.4, 0.5) is 0 Å². The number of aromatic nitrogens is 4. The van der Waals surface area contributed by atoms with Gasteiger partial charge in [0.1, 0.15) is 11.6 Å². The van der Waals surface area contributed by atoms with Crippen molar-refractivity contribution in [1.82, 2.24) is 20.2 Å². The summed E-state index contributed by atoms with van der Waals surface area (Å²) in [4.78, 5) is 20.5. The average Bonchev–Trinajstić information content (AvgIpc) is 3.21. The quantitative estimate of drug-likeness (QED) is 0.731. The van der Waals surface area contributed by atoms with Crippen LogP contribution in [0.5, 0.6) is 0 Å². The normalized spacial score (nSPS) is 11.5. The van der Waals surface area contributed by atoms with E-state index in [1.807, 2.05) is 27.7 Å². The molecule has 0 spiro atoms. The van der Waals surface area contributed by atoms with E-state index in [1.54, 1.807) is 30.5 Å². The van der Waals surface area contributed by atoms with Crippen LogP contribution in [0.2, 0.25) is 0 Å². The topological polar surface area (TPSA) is 93.9 Å². The second-order valence-corrected chi connectivity index (χ2v) is 6.77. The van der Waals surface area contributed by atoms with Gasteiger partial charge in [0.05, 0.1) is 11.8 Å². The Bertz CT molecular complexity index is 872.